The predicted molar refractivity (Wildman–Crippen MR) is 130 cm³/mol. The van der Waals surface area contributed by atoms with Crippen LogP contribution in [0.4, 0.5) is 5.69 Å². The van der Waals surface area contributed by atoms with Crippen molar-refractivity contribution < 1.29 is 9.53 Å². The third-order valence-corrected chi connectivity index (χ3v) is 5.43. The number of carbonyl (C=O) groups excluding carboxylic acids is 1. The van der Waals surface area contributed by atoms with E-state index in [1.165, 1.54) is 6.08 Å². The van der Waals surface area contributed by atoms with Gasteiger partial charge in [-0.3, -0.25) is 9.78 Å². The summed E-state index contributed by atoms with van der Waals surface area (Å²) in [6.45, 7) is 3.46. The Morgan fingerprint density at radius 3 is 2.82 bits per heavy atom. The number of H-pyrrole nitrogens is 2. The van der Waals surface area contributed by atoms with Crippen LogP contribution in [0.5, 0.6) is 11.6 Å². The lowest BCUT2D eigenvalue weighted by molar-refractivity contribution is -0.111. The molecule has 0 saturated carbocycles. The first-order valence-corrected chi connectivity index (χ1v) is 10.5. The fourth-order valence-electron chi connectivity index (χ4n) is 3.83. The van der Waals surface area contributed by atoms with Crippen molar-refractivity contribution in [2.45, 2.75) is 0 Å². The summed E-state index contributed by atoms with van der Waals surface area (Å²) in [5, 5.41) is 4.43. The number of hydrogen-bond donors (Lipinski definition) is 3. The van der Waals surface area contributed by atoms with E-state index in [1.54, 1.807) is 30.9 Å². The first kappa shape index (κ1) is 19.6. The van der Waals surface area contributed by atoms with Crippen LogP contribution in [0.1, 0.15) is 0 Å². The summed E-state index contributed by atoms with van der Waals surface area (Å²) >= 11 is 0. The van der Waals surface area contributed by atoms with Crippen LogP contribution in [0.15, 0.2) is 80.0 Å². The number of anilines is 1. The van der Waals surface area contributed by atoms with E-state index in [4.69, 9.17) is 9.72 Å². The summed E-state index contributed by atoms with van der Waals surface area (Å²) in [5.41, 5.74) is 5.33. The molecule has 3 N–H and O–H groups in total. The number of aromatic amines is 2. The van der Waals surface area contributed by atoms with E-state index in [0.29, 0.717) is 39.5 Å². The van der Waals surface area contributed by atoms with Gasteiger partial charge in [0.1, 0.15) is 11.2 Å². The molecule has 0 saturated heterocycles. The standard InChI is InChI=1S/C25H17N7O2/c1-2-21(33)31-16-9-17-20(12-29-24(17)27-10-16)34-22-13-30-25-23(32-22)18(11-28-25)14-5-6-19-15(8-14)4-3-7-26-19/h2-13H,1H2,(H,27,29)(H,28,30)(H,31,33). The molecule has 5 heterocycles. The van der Waals surface area contributed by atoms with Crippen molar-refractivity contribution in [3.63, 3.8) is 0 Å². The summed E-state index contributed by atoms with van der Waals surface area (Å²) < 4.78 is 6.05. The number of ether oxygens (including phenoxy) is 1. The quantitative estimate of drug-likeness (QED) is 0.321. The number of carbonyl (C=O) groups is 1. The molecule has 0 radical (unpaired) electrons. The highest BCUT2D eigenvalue weighted by Gasteiger charge is 2.14. The van der Waals surface area contributed by atoms with Crippen LogP contribution in [0, 0.1) is 0 Å². The number of aromatic nitrogens is 6. The minimum atomic E-state index is -0.320. The maximum Gasteiger partial charge on any atom is 0.247 e. The van der Waals surface area contributed by atoms with Crippen molar-refractivity contribution in [1.29, 1.82) is 0 Å². The molecule has 0 bridgehead atoms. The SMILES string of the molecule is C=CC(=O)Nc1cnc2[nH]cc(Oc3cnc4[nH]cc(-c5ccc6ncccc6c5)c4n3)c2c1. The molecule has 1 amide bonds. The summed E-state index contributed by atoms with van der Waals surface area (Å²) in [7, 11) is 0. The zero-order chi connectivity index (χ0) is 23.1. The van der Waals surface area contributed by atoms with Crippen LogP contribution in [0.3, 0.4) is 0 Å². The van der Waals surface area contributed by atoms with Crippen molar-refractivity contribution in [3.8, 4) is 22.8 Å². The Morgan fingerprint density at radius 2 is 1.91 bits per heavy atom. The van der Waals surface area contributed by atoms with Gasteiger partial charge in [0.2, 0.25) is 11.8 Å². The van der Waals surface area contributed by atoms with Gasteiger partial charge in [0, 0.05) is 29.5 Å². The topological polar surface area (TPSA) is 121 Å². The maximum absolute atomic E-state index is 11.6. The molecule has 0 aliphatic carbocycles. The van der Waals surface area contributed by atoms with Crippen LogP contribution in [0.2, 0.25) is 0 Å². The Bertz CT molecular complexity index is 1720. The number of benzene rings is 1. The van der Waals surface area contributed by atoms with Gasteiger partial charge in [0.25, 0.3) is 0 Å². The average molecular weight is 447 g/mol. The number of rotatable bonds is 5. The van der Waals surface area contributed by atoms with Gasteiger partial charge in [-0.15, -0.1) is 0 Å². The second-order valence-electron chi connectivity index (χ2n) is 7.59. The zero-order valence-corrected chi connectivity index (χ0v) is 17.7. The van der Waals surface area contributed by atoms with Crippen molar-refractivity contribution in [3.05, 3.63) is 80.0 Å². The summed E-state index contributed by atoms with van der Waals surface area (Å²) in [4.78, 5) is 35.7. The van der Waals surface area contributed by atoms with Gasteiger partial charge in [0.15, 0.2) is 11.4 Å². The number of pyridine rings is 2. The number of hydrogen-bond acceptors (Lipinski definition) is 6. The van der Waals surface area contributed by atoms with E-state index in [9.17, 15) is 4.79 Å². The van der Waals surface area contributed by atoms with E-state index >= 15 is 0 Å². The molecular weight excluding hydrogens is 430 g/mol. The molecule has 0 spiro atoms. The summed E-state index contributed by atoms with van der Waals surface area (Å²) in [5.74, 6) is 0.525. The molecule has 6 rings (SSSR count). The molecular formula is C25H17N7O2. The Hall–Kier alpha value is -5.05. The molecule has 1 aromatic carbocycles. The van der Waals surface area contributed by atoms with E-state index < -0.39 is 0 Å². The molecule has 5 aromatic heterocycles. The van der Waals surface area contributed by atoms with Gasteiger partial charge in [-0.25, -0.2) is 15.0 Å². The first-order chi connectivity index (χ1) is 16.7. The highest BCUT2D eigenvalue weighted by molar-refractivity contribution is 6.00. The lowest BCUT2D eigenvalue weighted by Crippen LogP contribution is -2.07. The van der Waals surface area contributed by atoms with Crippen molar-refractivity contribution in [2.24, 2.45) is 0 Å². The Balaban J connectivity index is 1.37. The lowest BCUT2D eigenvalue weighted by atomic mass is 10.1. The van der Waals surface area contributed by atoms with Gasteiger partial charge < -0.3 is 20.0 Å². The fourth-order valence-corrected chi connectivity index (χ4v) is 3.83. The van der Waals surface area contributed by atoms with Gasteiger partial charge >= 0.3 is 0 Å². The molecule has 6 aromatic rings. The predicted octanol–water partition coefficient (Wildman–Crippen LogP) is 4.97. The average Bonchev–Trinajstić information content (AvgIpc) is 3.47. The van der Waals surface area contributed by atoms with Crippen molar-refractivity contribution >= 4 is 44.7 Å². The van der Waals surface area contributed by atoms with Gasteiger partial charge in [-0.1, -0.05) is 18.7 Å². The minimum Gasteiger partial charge on any atom is -0.435 e. The van der Waals surface area contributed by atoms with Gasteiger partial charge in [-0.05, 0) is 35.9 Å². The number of nitrogens with one attached hydrogen (secondary N) is 3. The summed E-state index contributed by atoms with van der Waals surface area (Å²) in [6, 6.07) is 11.8. The number of fused-ring (bicyclic) bond motifs is 3. The number of nitrogens with zero attached hydrogens (tertiary/aromatic N) is 4. The Kier molecular flexibility index (Phi) is 4.51. The third-order valence-electron chi connectivity index (χ3n) is 5.43. The van der Waals surface area contributed by atoms with E-state index in [-0.39, 0.29) is 5.91 Å². The molecule has 9 nitrogen and oxygen atoms in total. The third kappa shape index (κ3) is 3.41. The molecule has 0 aliphatic heterocycles. The fraction of sp³-hybridized carbons (Fsp3) is 0. The van der Waals surface area contributed by atoms with Crippen LogP contribution < -0.4 is 10.1 Å². The molecule has 9 heteroatoms. The molecule has 0 fully saturated rings. The molecule has 0 aliphatic rings. The van der Waals surface area contributed by atoms with E-state index in [0.717, 1.165) is 22.0 Å². The normalized spacial score (nSPS) is 11.2. The van der Waals surface area contributed by atoms with Crippen molar-refractivity contribution in [2.75, 3.05) is 5.32 Å². The lowest BCUT2D eigenvalue weighted by Gasteiger charge is -2.06. The number of amides is 1. The van der Waals surface area contributed by atoms with Crippen molar-refractivity contribution in [1.82, 2.24) is 29.9 Å². The highest BCUT2D eigenvalue weighted by atomic mass is 16.5. The molecule has 0 atom stereocenters. The Morgan fingerprint density at radius 1 is 1.03 bits per heavy atom. The maximum atomic E-state index is 11.6. The first-order valence-electron chi connectivity index (χ1n) is 10.5. The van der Waals surface area contributed by atoms with Crippen LogP contribution in [-0.4, -0.2) is 35.8 Å². The molecule has 34 heavy (non-hydrogen) atoms. The van der Waals surface area contributed by atoms with E-state index in [1.807, 2.05) is 30.5 Å². The molecule has 0 unspecified atom stereocenters. The second kappa shape index (κ2) is 7.82. The largest absolute Gasteiger partial charge is 0.435 e. The van der Waals surface area contributed by atoms with Crippen LogP contribution in [0.25, 0.3) is 44.2 Å². The van der Waals surface area contributed by atoms with Crippen LogP contribution >= 0.6 is 0 Å². The van der Waals surface area contributed by atoms with Crippen LogP contribution in [-0.2, 0) is 4.79 Å². The van der Waals surface area contributed by atoms with Gasteiger partial charge in [0.05, 0.1) is 29.0 Å². The second-order valence-corrected chi connectivity index (χ2v) is 7.59. The van der Waals surface area contributed by atoms with E-state index in [2.05, 4.69) is 42.9 Å². The zero-order valence-electron chi connectivity index (χ0n) is 17.7. The van der Waals surface area contributed by atoms with Gasteiger partial charge in [-0.2, -0.15) is 0 Å². The Labute approximate surface area is 192 Å². The smallest absolute Gasteiger partial charge is 0.247 e. The monoisotopic (exact) mass is 447 g/mol. The summed E-state index contributed by atoms with van der Waals surface area (Å²) in [6.07, 6.45) is 9.67. The minimum absolute atomic E-state index is 0.320. The molecule has 164 valence electrons. The highest BCUT2D eigenvalue weighted by Crippen LogP contribution is 2.33.